The highest BCUT2D eigenvalue weighted by atomic mass is 19.4. The molecule has 1 aliphatic heterocycles. The minimum atomic E-state index is -4.07. The van der Waals surface area contributed by atoms with Crippen molar-refractivity contribution in [2.45, 2.75) is 65.2 Å². The zero-order valence-corrected chi connectivity index (χ0v) is 12.4. The molecule has 1 aliphatic carbocycles. The molecule has 0 aromatic rings. The zero-order valence-electron chi connectivity index (χ0n) is 12.4. The van der Waals surface area contributed by atoms with Crippen LogP contribution in [0.2, 0.25) is 0 Å². The van der Waals surface area contributed by atoms with Gasteiger partial charge in [-0.05, 0) is 24.7 Å². The van der Waals surface area contributed by atoms with E-state index < -0.39 is 18.1 Å². The van der Waals surface area contributed by atoms with Gasteiger partial charge >= 0.3 is 6.18 Å². The van der Waals surface area contributed by atoms with E-state index in [0.29, 0.717) is 6.42 Å². The summed E-state index contributed by atoms with van der Waals surface area (Å²) < 4.78 is 39.3. The van der Waals surface area contributed by atoms with Crippen LogP contribution in [0, 0.1) is 11.3 Å². The number of hydrogen-bond donors (Lipinski definition) is 2. The highest BCUT2D eigenvalue weighted by molar-refractivity contribution is 5.02. The fraction of sp³-hybridized carbons (Fsp3) is 1.00. The van der Waals surface area contributed by atoms with Gasteiger partial charge in [-0.2, -0.15) is 13.2 Å². The lowest BCUT2D eigenvalue weighted by atomic mass is 9.64. The van der Waals surface area contributed by atoms with Gasteiger partial charge in [0.15, 0.2) is 0 Å². The lowest BCUT2D eigenvalue weighted by Gasteiger charge is -2.51. The van der Waals surface area contributed by atoms with Crippen molar-refractivity contribution in [3.8, 4) is 0 Å². The summed E-state index contributed by atoms with van der Waals surface area (Å²) in [5.74, 6) is -1.18. The highest BCUT2D eigenvalue weighted by Crippen LogP contribution is 2.47. The van der Waals surface area contributed by atoms with Crippen LogP contribution in [-0.2, 0) is 0 Å². The first-order valence-electron chi connectivity index (χ1n) is 7.36. The fourth-order valence-electron chi connectivity index (χ4n) is 3.14. The molecule has 0 amide bonds. The standard InChI is InChI=1S/C12H21F3N2.C2H6.H2/c1-8(2)17-10-3-4-11(6-16-7-11)5-9(10)12(13,14)15;1-2;/h8-10,16-17H,3-7H2,1-2H3;1-2H3;1H. The maximum absolute atomic E-state index is 13.1. The summed E-state index contributed by atoms with van der Waals surface area (Å²) in [6.07, 6.45) is -2.23. The first-order chi connectivity index (χ1) is 8.82. The molecule has 2 unspecified atom stereocenters. The molecule has 1 saturated heterocycles. The van der Waals surface area contributed by atoms with Crippen molar-refractivity contribution < 1.29 is 14.6 Å². The van der Waals surface area contributed by atoms with E-state index in [1.165, 1.54) is 0 Å². The molecule has 5 heteroatoms. The van der Waals surface area contributed by atoms with Crippen LogP contribution in [0.25, 0.3) is 0 Å². The maximum atomic E-state index is 13.1. The molecule has 1 spiro atoms. The third-order valence-electron chi connectivity index (χ3n) is 4.09. The van der Waals surface area contributed by atoms with Crippen LogP contribution in [0.15, 0.2) is 0 Å². The molecule has 116 valence electrons. The smallest absolute Gasteiger partial charge is 0.316 e. The van der Waals surface area contributed by atoms with Gasteiger partial charge in [-0.25, -0.2) is 0 Å². The Bertz CT molecular complexity index is 278. The van der Waals surface area contributed by atoms with Gasteiger partial charge in [-0.1, -0.05) is 27.7 Å². The molecular weight excluding hydrogens is 253 g/mol. The van der Waals surface area contributed by atoms with Crippen molar-refractivity contribution in [1.82, 2.24) is 10.6 Å². The summed E-state index contributed by atoms with van der Waals surface area (Å²) in [5.41, 5.74) is -0.0741. The van der Waals surface area contributed by atoms with Crippen LogP contribution >= 0.6 is 0 Å². The largest absolute Gasteiger partial charge is 0.393 e. The van der Waals surface area contributed by atoms with Crippen molar-refractivity contribution in [1.29, 1.82) is 0 Å². The molecule has 2 nitrogen and oxygen atoms in total. The molecule has 1 saturated carbocycles. The van der Waals surface area contributed by atoms with Gasteiger partial charge in [0.25, 0.3) is 0 Å². The Morgan fingerprint density at radius 1 is 1.26 bits per heavy atom. The number of rotatable bonds is 2. The normalized spacial score (nSPS) is 29.7. The third kappa shape index (κ3) is 4.09. The monoisotopic (exact) mass is 282 g/mol. The lowest BCUT2D eigenvalue weighted by molar-refractivity contribution is -0.203. The van der Waals surface area contributed by atoms with Gasteiger partial charge in [0, 0.05) is 26.6 Å². The van der Waals surface area contributed by atoms with E-state index in [4.69, 9.17) is 0 Å². The second-order valence-corrected chi connectivity index (χ2v) is 5.92. The van der Waals surface area contributed by atoms with Crippen LogP contribution in [0.4, 0.5) is 13.2 Å². The number of nitrogens with one attached hydrogen (secondary N) is 2. The first-order valence-corrected chi connectivity index (χ1v) is 7.36. The van der Waals surface area contributed by atoms with E-state index in [9.17, 15) is 13.2 Å². The van der Waals surface area contributed by atoms with Gasteiger partial charge in [-0.3, -0.25) is 0 Å². The summed E-state index contributed by atoms with van der Waals surface area (Å²) in [4.78, 5) is 0. The molecule has 2 N–H and O–H groups in total. The molecule has 0 aromatic carbocycles. The number of hydrogen-bond acceptors (Lipinski definition) is 2. The molecule has 2 rings (SSSR count). The Labute approximate surface area is 116 Å². The predicted molar refractivity (Wildman–Crippen MR) is 74.2 cm³/mol. The number of alkyl halides is 3. The van der Waals surface area contributed by atoms with Gasteiger partial charge in [0.2, 0.25) is 0 Å². The van der Waals surface area contributed by atoms with Crippen LogP contribution in [0.3, 0.4) is 0 Å². The summed E-state index contributed by atoms with van der Waals surface area (Å²) in [6, 6.07) is -0.292. The molecule has 2 aliphatic rings. The Hall–Kier alpha value is -0.290. The lowest BCUT2D eigenvalue weighted by Crippen LogP contribution is -2.61. The summed E-state index contributed by atoms with van der Waals surface area (Å²) in [6.45, 7) is 9.33. The molecule has 1 heterocycles. The van der Waals surface area contributed by atoms with E-state index in [1.54, 1.807) is 0 Å². The topological polar surface area (TPSA) is 24.1 Å². The van der Waals surface area contributed by atoms with E-state index in [0.717, 1.165) is 19.5 Å². The van der Waals surface area contributed by atoms with Gasteiger partial charge in [-0.15, -0.1) is 0 Å². The van der Waals surface area contributed by atoms with E-state index in [1.807, 2.05) is 27.7 Å². The zero-order chi connectivity index (χ0) is 14.7. The van der Waals surface area contributed by atoms with Crippen molar-refractivity contribution >= 4 is 0 Å². The summed E-state index contributed by atoms with van der Waals surface area (Å²) >= 11 is 0. The molecule has 0 bridgehead atoms. The molecule has 0 aromatic heterocycles. The molecule has 2 atom stereocenters. The second kappa shape index (κ2) is 6.44. The van der Waals surface area contributed by atoms with Crippen molar-refractivity contribution in [3.63, 3.8) is 0 Å². The van der Waals surface area contributed by atoms with Crippen LogP contribution in [0.5, 0.6) is 0 Å². The van der Waals surface area contributed by atoms with Crippen LogP contribution in [-0.4, -0.2) is 31.3 Å². The Morgan fingerprint density at radius 2 is 1.84 bits per heavy atom. The van der Waals surface area contributed by atoms with Crippen molar-refractivity contribution in [2.24, 2.45) is 11.3 Å². The predicted octanol–water partition coefficient (Wildman–Crippen LogP) is 3.58. The fourth-order valence-corrected chi connectivity index (χ4v) is 3.14. The van der Waals surface area contributed by atoms with Gasteiger partial charge < -0.3 is 10.6 Å². The SMILES string of the molecule is CC.CC(C)NC1CCC2(CNC2)CC1C(F)(F)F.[HH]. The molecule has 0 radical (unpaired) electrons. The van der Waals surface area contributed by atoms with Gasteiger partial charge in [0.1, 0.15) is 0 Å². The Morgan fingerprint density at radius 3 is 2.21 bits per heavy atom. The average molecular weight is 282 g/mol. The van der Waals surface area contributed by atoms with Crippen molar-refractivity contribution in [2.75, 3.05) is 13.1 Å². The second-order valence-electron chi connectivity index (χ2n) is 5.92. The van der Waals surface area contributed by atoms with Gasteiger partial charge in [0.05, 0.1) is 5.92 Å². The maximum Gasteiger partial charge on any atom is 0.393 e. The molecular formula is C14H29F3N2. The average Bonchev–Trinajstić information content (AvgIpc) is 2.28. The third-order valence-corrected chi connectivity index (χ3v) is 4.09. The Balaban J connectivity index is 0.00000115. The minimum Gasteiger partial charge on any atom is -0.316 e. The first kappa shape index (κ1) is 16.8. The van der Waals surface area contributed by atoms with Crippen molar-refractivity contribution in [3.05, 3.63) is 0 Å². The van der Waals surface area contributed by atoms with E-state index in [2.05, 4.69) is 10.6 Å². The van der Waals surface area contributed by atoms with Crippen LogP contribution in [0.1, 0.15) is 48.4 Å². The highest BCUT2D eigenvalue weighted by Gasteiger charge is 2.53. The molecule has 19 heavy (non-hydrogen) atoms. The Kier molecular flexibility index (Phi) is 5.68. The van der Waals surface area contributed by atoms with Crippen LogP contribution < -0.4 is 10.6 Å². The summed E-state index contributed by atoms with van der Waals surface area (Å²) in [7, 11) is 0. The van der Waals surface area contributed by atoms with E-state index >= 15 is 0 Å². The number of halogens is 3. The summed E-state index contributed by atoms with van der Waals surface area (Å²) in [5, 5.41) is 6.20. The van der Waals surface area contributed by atoms with E-state index in [-0.39, 0.29) is 19.3 Å². The quantitative estimate of drug-likeness (QED) is 0.809. The minimum absolute atomic E-state index is 0. The molecule has 2 fully saturated rings.